The highest BCUT2D eigenvalue weighted by Gasteiger charge is 2.14. The molecule has 1 aromatic heterocycles. The summed E-state index contributed by atoms with van der Waals surface area (Å²) in [6, 6.07) is 0. The zero-order chi connectivity index (χ0) is 9.14. The number of pyridine rings is 1. The average Bonchev–Trinajstić information content (AvgIpc) is 2.03. The maximum atomic E-state index is 9.24. The molecule has 1 heterocycles. The Morgan fingerprint density at radius 3 is 2.25 bits per heavy atom. The van der Waals surface area contributed by atoms with Crippen molar-refractivity contribution in [3.63, 3.8) is 0 Å². The molecule has 0 aliphatic heterocycles. The fourth-order valence-electron chi connectivity index (χ4n) is 0.831. The van der Waals surface area contributed by atoms with Crippen LogP contribution >= 0.6 is 23.2 Å². The molecule has 0 spiro atoms. The zero-order valence-electron chi connectivity index (χ0n) is 6.04. The lowest BCUT2D eigenvalue weighted by atomic mass is 10.1. The van der Waals surface area contributed by atoms with E-state index >= 15 is 0 Å². The minimum Gasteiger partial charge on any atom is -0.393 e. The topological polar surface area (TPSA) is 53.4 Å². The number of rotatable bonds is 2. The second-order valence-electron chi connectivity index (χ2n) is 2.22. The van der Waals surface area contributed by atoms with Crippen molar-refractivity contribution in [3.8, 4) is 0 Å². The van der Waals surface area contributed by atoms with Gasteiger partial charge in [0.25, 0.3) is 0 Å². The zero-order valence-corrected chi connectivity index (χ0v) is 7.55. The second kappa shape index (κ2) is 4.05. The molecule has 0 aromatic carbocycles. The van der Waals surface area contributed by atoms with Crippen LogP contribution in [-0.2, 0) is 0 Å². The van der Waals surface area contributed by atoms with Gasteiger partial charge in [-0.2, -0.15) is 0 Å². The Hall–Kier alpha value is -0.350. The van der Waals surface area contributed by atoms with Crippen LogP contribution in [0.15, 0.2) is 12.4 Å². The Bertz CT molecular complexity index is 260. The lowest BCUT2D eigenvalue weighted by molar-refractivity contribution is 0.0957. The smallest absolute Gasteiger partial charge is 0.105 e. The fourth-order valence-corrected chi connectivity index (χ4v) is 1.45. The first-order valence-corrected chi connectivity index (χ1v) is 4.00. The molecule has 0 amide bonds. The van der Waals surface area contributed by atoms with E-state index < -0.39 is 12.7 Å². The summed E-state index contributed by atoms with van der Waals surface area (Å²) in [5, 5.41) is 18.4. The lowest BCUT2D eigenvalue weighted by Gasteiger charge is -2.10. The molecule has 1 aromatic rings. The van der Waals surface area contributed by atoms with Gasteiger partial charge in [0.2, 0.25) is 0 Å². The standard InChI is InChI=1S/C7H7Cl2NO2/c8-4-1-10-2-5(9)7(4)6(12)3-11/h1-2,6,11-12H,3H2. The van der Waals surface area contributed by atoms with Crippen LogP contribution in [0.3, 0.4) is 0 Å². The van der Waals surface area contributed by atoms with Gasteiger partial charge in [-0.1, -0.05) is 23.2 Å². The first-order chi connectivity index (χ1) is 5.66. The van der Waals surface area contributed by atoms with E-state index in [0.717, 1.165) is 0 Å². The summed E-state index contributed by atoms with van der Waals surface area (Å²) in [5.74, 6) is 0. The number of hydrogen-bond acceptors (Lipinski definition) is 3. The predicted molar refractivity (Wildman–Crippen MR) is 46.3 cm³/mol. The third-order valence-electron chi connectivity index (χ3n) is 1.40. The molecular formula is C7H7Cl2NO2. The quantitative estimate of drug-likeness (QED) is 0.772. The fraction of sp³-hybridized carbons (Fsp3) is 0.286. The molecule has 3 nitrogen and oxygen atoms in total. The monoisotopic (exact) mass is 207 g/mol. The van der Waals surface area contributed by atoms with E-state index in [9.17, 15) is 5.11 Å². The first-order valence-electron chi connectivity index (χ1n) is 3.24. The normalized spacial score (nSPS) is 13.0. The summed E-state index contributed by atoms with van der Waals surface area (Å²) >= 11 is 11.4. The predicted octanol–water partition coefficient (Wildman–Crippen LogP) is 1.41. The van der Waals surface area contributed by atoms with Crippen LogP contribution in [0.1, 0.15) is 11.7 Å². The van der Waals surface area contributed by atoms with Gasteiger partial charge in [0.1, 0.15) is 6.10 Å². The van der Waals surface area contributed by atoms with Gasteiger partial charge < -0.3 is 10.2 Å². The number of aliphatic hydroxyl groups excluding tert-OH is 2. The van der Waals surface area contributed by atoms with E-state index in [0.29, 0.717) is 5.56 Å². The van der Waals surface area contributed by atoms with E-state index in [1.54, 1.807) is 0 Å². The van der Waals surface area contributed by atoms with Crippen molar-refractivity contribution in [3.05, 3.63) is 28.0 Å². The minimum absolute atomic E-state index is 0.254. The van der Waals surface area contributed by atoms with Gasteiger partial charge in [-0.3, -0.25) is 4.98 Å². The first kappa shape index (κ1) is 9.74. The molecule has 2 N–H and O–H groups in total. The molecular weight excluding hydrogens is 201 g/mol. The van der Waals surface area contributed by atoms with Crippen molar-refractivity contribution in [2.24, 2.45) is 0 Å². The van der Waals surface area contributed by atoms with Crippen LogP contribution in [0.4, 0.5) is 0 Å². The molecule has 1 unspecified atom stereocenters. The molecule has 0 fully saturated rings. The number of nitrogens with zero attached hydrogens (tertiary/aromatic N) is 1. The third kappa shape index (κ3) is 1.87. The molecule has 0 saturated heterocycles. The van der Waals surface area contributed by atoms with Crippen molar-refractivity contribution in [2.75, 3.05) is 6.61 Å². The van der Waals surface area contributed by atoms with Gasteiger partial charge >= 0.3 is 0 Å². The highest BCUT2D eigenvalue weighted by Crippen LogP contribution is 2.28. The minimum atomic E-state index is -1.05. The van der Waals surface area contributed by atoms with Gasteiger partial charge in [-0.25, -0.2) is 0 Å². The molecule has 1 atom stereocenters. The highest BCUT2D eigenvalue weighted by atomic mass is 35.5. The Morgan fingerprint density at radius 1 is 1.33 bits per heavy atom. The van der Waals surface area contributed by atoms with E-state index in [-0.39, 0.29) is 10.0 Å². The highest BCUT2D eigenvalue weighted by molar-refractivity contribution is 6.35. The second-order valence-corrected chi connectivity index (χ2v) is 3.03. The molecule has 0 saturated carbocycles. The number of halogens is 2. The summed E-state index contributed by atoms with van der Waals surface area (Å²) in [6.45, 7) is -0.413. The van der Waals surface area contributed by atoms with E-state index in [2.05, 4.69) is 4.98 Å². The summed E-state index contributed by atoms with van der Waals surface area (Å²) in [7, 11) is 0. The molecule has 1 rings (SSSR count). The van der Waals surface area contributed by atoms with E-state index in [1.165, 1.54) is 12.4 Å². The van der Waals surface area contributed by atoms with Crippen LogP contribution in [-0.4, -0.2) is 21.8 Å². The molecule has 0 radical (unpaired) electrons. The summed E-state index contributed by atoms with van der Waals surface area (Å²) in [6.07, 6.45) is 1.68. The van der Waals surface area contributed by atoms with Crippen molar-refractivity contribution >= 4 is 23.2 Å². The molecule has 0 bridgehead atoms. The van der Waals surface area contributed by atoms with Crippen LogP contribution in [0, 0.1) is 0 Å². The SMILES string of the molecule is OCC(O)c1c(Cl)cncc1Cl. The van der Waals surface area contributed by atoms with Crippen LogP contribution in [0.5, 0.6) is 0 Å². The van der Waals surface area contributed by atoms with Gasteiger partial charge in [0, 0.05) is 18.0 Å². The van der Waals surface area contributed by atoms with Crippen molar-refractivity contribution < 1.29 is 10.2 Å². The largest absolute Gasteiger partial charge is 0.393 e. The van der Waals surface area contributed by atoms with Crippen molar-refractivity contribution in [2.45, 2.75) is 6.10 Å². The molecule has 0 aliphatic carbocycles. The molecule has 0 aliphatic rings. The number of aromatic nitrogens is 1. The molecule has 12 heavy (non-hydrogen) atoms. The van der Waals surface area contributed by atoms with Crippen LogP contribution < -0.4 is 0 Å². The van der Waals surface area contributed by atoms with Gasteiger partial charge in [-0.15, -0.1) is 0 Å². The maximum Gasteiger partial charge on any atom is 0.105 e. The number of aliphatic hydroxyl groups is 2. The lowest BCUT2D eigenvalue weighted by Crippen LogP contribution is -2.04. The Balaban J connectivity index is 3.12. The molecule has 66 valence electrons. The van der Waals surface area contributed by atoms with Gasteiger partial charge in [0.05, 0.1) is 16.7 Å². The summed E-state index contributed by atoms with van der Waals surface area (Å²) < 4.78 is 0. The van der Waals surface area contributed by atoms with Gasteiger partial charge in [0.15, 0.2) is 0 Å². The van der Waals surface area contributed by atoms with Crippen LogP contribution in [0.2, 0.25) is 10.0 Å². The third-order valence-corrected chi connectivity index (χ3v) is 2.00. The van der Waals surface area contributed by atoms with E-state index in [4.69, 9.17) is 28.3 Å². The van der Waals surface area contributed by atoms with Crippen LogP contribution in [0.25, 0.3) is 0 Å². The van der Waals surface area contributed by atoms with Gasteiger partial charge in [-0.05, 0) is 0 Å². The Morgan fingerprint density at radius 2 is 1.83 bits per heavy atom. The van der Waals surface area contributed by atoms with Crippen molar-refractivity contribution in [1.29, 1.82) is 0 Å². The maximum absolute atomic E-state index is 9.24. The van der Waals surface area contributed by atoms with E-state index in [1.807, 2.05) is 0 Å². The molecule has 5 heteroatoms. The van der Waals surface area contributed by atoms with Crippen molar-refractivity contribution in [1.82, 2.24) is 4.98 Å². The average molecular weight is 208 g/mol. The summed E-state index contributed by atoms with van der Waals surface area (Å²) in [4.78, 5) is 3.70. The number of hydrogen-bond donors (Lipinski definition) is 2. The Kier molecular flexibility index (Phi) is 3.29. The Labute approximate surface area is 79.6 Å². The summed E-state index contributed by atoms with van der Waals surface area (Å²) in [5.41, 5.74) is 0.316.